The number of hydrazine groups is 1. The van der Waals surface area contributed by atoms with E-state index < -0.39 is 17.6 Å². The molecule has 4 amide bonds. The van der Waals surface area contributed by atoms with E-state index in [1.807, 2.05) is 12.1 Å². The van der Waals surface area contributed by atoms with Crippen LogP contribution >= 0.6 is 0 Å². The van der Waals surface area contributed by atoms with Gasteiger partial charge in [0.15, 0.2) is 0 Å². The third-order valence-corrected chi connectivity index (χ3v) is 7.57. The van der Waals surface area contributed by atoms with Crippen molar-refractivity contribution in [3.8, 4) is 0 Å². The second-order valence-electron chi connectivity index (χ2n) is 10.0. The summed E-state index contributed by atoms with van der Waals surface area (Å²) in [5, 5.41) is 2.85. The highest BCUT2D eigenvalue weighted by molar-refractivity contribution is 6.09. The number of imide groups is 1. The summed E-state index contributed by atoms with van der Waals surface area (Å²) in [7, 11) is 1.73. The maximum atomic E-state index is 13.1. The molecule has 0 bridgehead atoms. The van der Waals surface area contributed by atoms with Crippen LogP contribution in [0.3, 0.4) is 0 Å². The highest BCUT2D eigenvalue weighted by Gasteiger charge is 2.54. The maximum Gasteiger partial charge on any atom is 0.325 e. The highest BCUT2D eigenvalue weighted by atomic mass is 19.1. The van der Waals surface area contributed by atoms with Gasteiger partial charge in [-0.05, 0) is 56.7 Å². The fourth-order valence-corrected chi connectivity index (χ4v) is 5.49. The smallest absolute Gasteiger partial charge is 0.325 e. The van der Waals surface area contributed by atoms with Gasteiger partial charge in [-0.3, -0.25) is 20.4 Å². The zero-order chi connectivity index (χ0) is 24.3. The summed E-state index contributed by atoms with van der Waals surface area (Å²) in [6, 6.07) is 5.91. The van der Waals surface area contributed by atoms with Crippen molar-refractivity contribution in [2.45, 2.75) is 88.4 Å². The number of likely N-dealkylation sites (N-methyl/N-ethyl adjacent to an activating group) is 1. The van der Waals surface area contributed by atoms with Crippen molar-refractivity contribution in [1.82, 2.24) is 26.0 Å². The molecular weight excluding hydrogens is 437 g/mol. The van der Waals surface area contributed by atoms with Gasteiger partial charge in [-0.1, -0.05) is 37.8 Å². The second-order valence-corrected chi connectivity index (χ2v) is 10.0. The summed E-state index contributed by atoms with van der Waals surface area (Å²) in [6.45, 7) is 2.23. The van der Waals surface area contributed by atoms with Crippen molar-refractivity contribution in [2.24, 2.45) is 0 Å². The molecule has 0 aromatic heterocycles. The van der Waals surface area contributed by atoms with Crippen LogP contribution in [0.2, 0.25) is 0 Å². The van der Waals surface area contributed by atoms with Crippen molar-refractivity contribution in [3.05, 3.63) is 35.6 Å². The standard InChI is InChI=1S/C25H36FN5O3/c1-17(31-23(33)25(27-24(31)34)13-5-6-14-25)22(32)30(2)15-7-3-4-8-20-16-21(29-28-20)18-9-11-19(26)12-10-18/h9-12,17,20-21,28-29H,3-8,13-16H2,1-2H3,(H,27,34). The number of nitrogens with one attached hydrogen (secondary N) is 3. The Morgan fingerprint density at radius 3 is 2.56 bits per heavy atom. The van der Waals surface area contributed by atoms with Crippen LogP contribution in [0, 0.1) is 5.82 Å². The van der Waals surface area contributed by atoms with Crippen molar-refractivity contribution < 1.29 is 18.8 Å². The third-order valence-electron chi connectivity index (χ3n) is 7.57. The van der Waals surface area contributed by atoms with Crippen molar-refractivity contribution in [3.63, 3.8) is 0 Å². The number of hydrogen-bond acceptors (Lipinski definition) is 5. The van der Waals surface area contributed by atoms with Gasteiger partial charge in [0, 0.05) is 25.7 Å². The molecule has 9 heteroatoms. The molecule has 1 saturated carbocycles. The Morgan fingerprint density at radius 1 is 1.15 bits per heavy atom. The average Bonchev–Trinajstić information content (AvgIpc) is 3.54. The number of benzene rings is 1. The van der Waals surface area contributed by atoms with Crippen LogP contribution in [0.25, 0.3) is 0 Å². The normalized spacial score (nSPS) is 24.6. The molecule has 1 spiro atoms. The largest absolute Gasteiger partial charge is 0.344 e. The molecule has 1 aliphatic carbocycles. The quantitative estimate of drug-likeness (QED) is 0.379. The van der Waals surface area contributed by atoms with Crippen LogP contribution in [0.5, 0.6) is 0 Å². The van der Waals surface area contributed by atoms with Gasteiger partial charge < -0.3 is 10.2 Å². The Bertz CT molecular complexity index is 902. The molecule has 2 aliphatic heterocycles. The van der Waals surface area contributed by atoms with Crippen LogP contribution in [-0.2, 0) is 9.59 Å². The van der Waals surface area contributed by atoms with E-state index in [0.717, 1.165) is 55.4 Å². The SMILES string of the molecule is CC(C(=O)N(C)CCCCCC1CC(c2ccc(F)cc2)NN1)N1C(=O)NC2(CCCC2)C1=O. The molecule has 3 unspecified atom stereocenters. The fraction of sp³-hybridized carbons (Fsp3) is 0.640. The Kier molecular flexibility index (Phi) is 7.52. The molecule has 2 saturated heterocycles. The number of urea groups is 1. The molecule has 3 atom stereocenters. The van der Waals surface area contributed by atoms with E-state index in [9.17, 15) is 18.8 Å². The molecule has 4 rings (SSSR count). The molecular formula is C25H36FN5O3. The van der Waals surface area contributed by atoms with Crippen molar-refractivity contribution in [1.29, 1.82) is 0 Å². The minimum Gasteiger partial charge on any atom is -0.344 e. The summed E-state index contributed by atoms with van der Waals surface area (Å²) in [6.07, 6.45) is 7.99. The molecule has 3 N–H and O–H groups in total. The first-order chi connectivity index (χ1) is 16.3. The summed E-state index contributed by atoms with van der Waals surface area (Å²) in [5.74, 6) is -0.680. The summed E-state index contributed by atoms with van der Waals surface area (Å²) in [5.41, 5.74) is 6.91. The molecule has 8 nitrogen and oxygen atoms in total. The minimum atomic E-state index is -0.797. The van der Waals surface area contributed by atoms with E-state index in [1.54, 1.807) is 18.9 Å². The zero-order valence-electron chi connectivity index (χ0n) is 20.1. The van der Waals surface area contributed by atoms with Crippen LogP contribution < -0.4 is 16.2 Å². The van der Waals surface area contributed by atoms with Gasteiger partial charge in [-0.15, -0.1) is 0 Å². The van der Waals surface area contributed by atoms with E-state index in [4.69, 9.17) is 0 Å². The first kappa shape index (κ1) is 24.6. The lowest BCUT2D eigenvalue weighted by molar-refractivity contribution is -0.142. The number of carbonyl (C=O) groups excluding carboxylic acids is 3. The van der Waals surface area contributed by atoms with E-state index in [1.165, 1.54) is 12.1 Å². The lowest BCUT2D eigenvalue weighted by atomic mass is 9.97. The highest BCUT2D eigenvalue weighted by Crippen LogP contribution is 2.36. The molecule has 1 aromatic carbocycles. The number of carbonyl (C=O) groups is 3. The monoisotopic (exact) mass is 473 g/mol. The van der Waals surface area contributed by atoms with Gasteiger partial charge >= 0.3 is 6.03 Å². The van der Waals surface area contributed by atoms with Gasteiger partial charge in [0.2, 0.25) is 5.91 Å². The number of rotatable bonds is 9. The maximum absolute atomic E-state index is 13.1. The lowest BCUT2D eigenvalue weighted by Gasteiger charge is -2.27. The predicted molar refractivity (Wildman–Crippen MR) is 126 cm³/mol. The minimum absolute atomic E-state index is 0.185. The van der Waals surface area contributed by atoms with Gasteiger partial charge in [0.25, 0.3) is 5.91 Å². The van der Waals surface area contributed by atoms with E-state index in [2.05, 4.69) is 16.2 Å². The molecule has 186 valence electrons. The van der Waals surface area contributed by atoms with E-state index in [-0.39, 0.29) is 23.7 Å². The third kappa shape index (κ3) is 5.10. The van der Waals surface area contributed by atoms with Gasteiger partial charge in [-0.25, -0.2) is 14.1 Å². The fourth-order valence-electron chi connectivity index (χ4n) is 5.49. The molecule has 3 fully saturated rings. The molecule has 2 heterocycles. The summed E-state index contributed by atoms with van der Waals surface area (Å²) >= 11 is 0. The van der Waals surface area contributed by atoms with Crippen molar-refractivity contribution >= 4 is 17.8 Å². The van der Waals surface area contributed by atoms with E-state index >= 15 is 0 Å². The zero-order valence-corrected chi connectivity index (χ0v) is 20.1. The number of hydrogen-bond donors (Lipinski definition) is 3. The van der Waals surface area contributed by atoms with Gasteiger partial charge in [0.05, 0.1) is 0 Å². The van der Waals surface area contributed by atoms with Crippen LogP contribution in [-0.4, -0.2) is 58.9 Å². The summed E-state index contributed by atoms with van der Waals surface area (Å²) in [4.78, 5) is 41.0. The molecule has 34 heavy (non-hydrogen) atoms. The molecule has 1 aromatic rings. The number of unbranched alkanes of at least 4 members (excludes halogenated alkanes) is 2. The molecule has 3 aliphatic rings. The number of nitrogens with zero attached hydrogens (tertiary/aromatic N) is 2. The Labute approximate surface area is 200 Å². The topological polar surface area (TPSA) is 93.8 Å². The predicted octanol–water partition coefficient (Wildman–Crippen LogP) is 3.01. The first-order valence-electron chi connectivity index (χ1n) is 12.5. The van der Waals surface area contributed by atoms with Gasteiger partial charge in [-0.2, -0.15) is 0 Å². The average molecular weight is 474 g/mol. The van der Waals surface area contributed by atoms with Crippen LogP contribution in [0.15, 0.2) is 24.3 Å². The Morgan fingerprint density at radius 2 is 1.85 bits per heavy atom. The van der Waals surface area contributed by atoms with Gasteiger partial charge in [0.1, 0.15) is 17.4 Å². The Balaban J connectivity index is 1.15. The first-order valence-corrected chi connectivity index (χ1v) is 12.5. The number of amides is 4. The lowest BCUT2D eigenvalue weighted by Crippen LogP contribution is -2.50. The van der Waals surface area contributed by atoms with Crippen molar-refractivity contribution in [2.75, 3.05) is 13.6 Å². The van der Waals surface area contributed by atoms with Crippen LogP contribution in [0.4, 0.5) is 9.18 Å². The Hall–Kier alpha value is -2.52. The second kappa shape index (κ2) is 10.4. The number of halogens is 1. The van der Waals surface area contributed by atoms with Crippen LogP contribution in [0.1, 0.15) is 76.3 Å². The molecule has 0 radical (unpaired) electrons. The van der Waals surface area contributed by atoms with E-state index in [0.29, 0.717) is 25.4 Å². The summed E-state index contributed by atoms with van der Waals surface area (Å²) < 4.78 is 13.1.